The standard InChI is InChI=1S/C12H12FN3O2S/c13-10-3-1-2-9(6-10)7-16-19(17,18)12-8-15-5-4-11(12)14/h1-6,8,16H,7H2,(H2,14,15). The lowest BCUT2D eigenvalue weighted by Gasteiger charge is -2.08. The first kappa shape index (κ1) is 13.4. The lowest BCUT2D eigenvalue weighted by molar-refractivity contribution is 0.580. The Bertz CT molecular complexity index is 689. The number of benzene rings is 1. The number of nitrogen functional groups attached to an aromatic ring is 1. The van der Waals surface area contributed by atoms with E-state index in [1.165, 1.54) is 36.7 Å². The molecular formula is C12H12FN3O2S. The molecule has 0 radical (unpaired) electrons. The van der Waals surface area contributed by atoms with Gasteiger partial charge in [-0.3, -0.25) is 4.98 Å². The summed E-state index contributed by atoms with van der Waals surface area (Å²) in [6.07, 6.45) is 2.57. The van der Waals surface area contributed by atoms with E-state index in [1.54, 1.807) is 6.07 Å². The first-order chi connectivity index (χ1) is 8.99. The summed E-state index contributed by atoms with van der Waals surface area (Å²) in [5.41, 5.74) is 6.21. The van der Waals surface area contributed by atoms with E-state index >= 15 is 0 Å². The van der Waals surface area contributed by atoms with Crippen molar-refractivity contribution < 1.29 is 12.8 Å². The smallest absolute Gasteiger partial charge is 0.244 e. The van der Waals surface area contributed by atoms with E-state index < -0.39 is 15.8 Å². The summed E-state index contributed by atoms with van der Waals surface area (Å²) in [4.78, 5) is 3.63. The molecule has 1 aromatic carbocycles. The molecule has 1 aromatic heterocycles. The molecule has 0 saturated heterocycles. The number of rotatable bonds is 4. The van der Waals surface area contributed by atoms with Gasteiger partial charge in [0.1, 0.15) is 10.7 Å². The Kier molecular flexibility index (Phi) is 3.77. The van der Waals surface area contributed by atoms with Gasteiger partial charge in [0.05, 0.1) is 5.69 Å². The summed E-state index contributed by atoms with van der Waals surface area (Å²) in [6, 6.07) is 7.08. The van der Waals surface area contributed by atoms with Crippen molar-refractivity contribution in [2.75, 3.05) is 5.73 Å². The zero-order valence-electron chi connectivity index (χ0n) is 9.88. The second kappa shape index (κ2) is 5.33. The zero-order valence-corrected chi connectivity index (χ0v) is 10.7. The Morgan fingerprint density at radius 3 is 2.79 bits per heavy atom. The molecule has 0 aliphatic carbocycles. The second-order valence-corrected chi connectivity index (χ2v) is 5.60. The fourth-order valence-corrected chi connectivity index (χ4v) is 2.61. The monoisotopic (exact) mass is 281 g/mol. The molecule has 0 atom stereocenters. The summed E-state index contributed by atoms with van der Waals surface area (Å²) >= 11 is 0. The molecule has 100 valence electrons. The zero-order chi connectivity index (χ0) is 13.9. The third-order valence-corrected chi connectivity index (χ3v) is 3.91. The van der Waals surface area contributed by atoms with Gasteiger partial charge in [-0.15, -0.1) is 0 Å². The third-order valence-electron chi connectivity index (χ3n) is 2.46. The van der Waals surface area contributed by atoms with Gasteiger partial charge in [0, 0.05) is 18.9 Å². The van der Waals surface area contributed by atoms with Crippen LogP contribution in [0.4, 0.5) is 10.1 Å². The van der Waals surface area contributed by atoms with Crippen molar-refractivity contribution in [3.63, 3.8) is 0 Å². The van der Waals surface area contributed by atoms with Crippen molar-refractivity contribution in [3.05, 3.63) is 54.1 Å². The van der Waals surface area contributed by atoms with Gasteiger partial charge in [-0.25, -0.2) is 17.5 Å². The fourth-order valence-electron chi connectivity index (χ4n) is 1.52. The van der Waals surface area contributed by atoms with E-state index in [0.717, 1.165) is 0 Å². The van der Waals surface area contributed by atoms with E-state index in [9.17, 15) is 12.8 Å². The number of hydrogen-bond donors (Lipinski definition) is 2. The maximum atomic E-state index is 13.0. The Labute approximate surface area is 110 Å². The summed E-state index contributed by atoms with van der Waals surface area (Å²) < 4.78 is 39.3. The van der Waals surface area contributed by atoms with E-state index in [-0.39, 0.29) is 17.1 Å². The predicted octanol–water partition coefficient (Wildman–Crippen LogP) is 1.28. The summed E-state index contributed by atoms with van der Waals surface area (Å²) in [6.45, 7) is -0.0194. The molecule has 0 fully saturated rings. The molecule has 0 aliphatic heterocycles. The molecular weight excluding hydrogens is 269 g/mol. The average molecular weight is 281 g/mol. The molecule has 0 unspecified atom stereocenters. The highest BCUT2D eigenvalue weighted by Gasteiger charge is 2.17. The van der Waals surface area contributed by atoms with Gasteiger partial charge in [-0.1, -0.05) is 12.1 Å². The molecule has 19 heavy (non-hydrogen) atoms. The highest BCUT2D eigenvalue weighted by Crippen LogP contribution is 2.16. The van der Waals surface area contributed by atoms with Crippen LogP contribution in [0, 0.1) is 5.82 Å². The molecule has 3 N–H and O–H groups in total. The van der Waals surface area contributed by atoms with Crippen molar-refractivity contribution >= 4 is 15.7 Å². The normalized spacial score (nSPS) is 11.4. The Balaban J connectivity index is 2.17. The van der Waals surface area contributed by atoms with Crippen LogP contribution in [0.5, 0.6) is 0 Å². The van der Waals surface area contributed by atoms with Crippen molar-refractivity contribution in [1.82, 2.24) is 9.71 Å². The Morgan fingerprint density at radius 2 is 2.11 bits per heavy atom. The number of nitrogens with one attached hydrogen (secondary N) is 1. The van der Waals surface area contributed by atoms with Crippen LogP contribution in [0.3, 0.4) is 0 Å². The van der Waals surface area contributed by atoms with Gasteiger partial charge in [0.2, 0.25) is 10.0 Å². The maximum absolute atomic E-state index is 13.0. The highest BCUT2D eigenvalue weighted by atomic mass is 32.2. The summed E-state index contributed by atoms with van der Waals surface area (Å²) in [5.74, 6) is -0.419. The van der Waals surface area contributed by atoms with Gasteiger partial charge in [0.15, 0.2) is 0 Å². The SMILES string of the molecule is Nc1ccncc1S(=O)(=O)NCc1cccc(F)c1. The largest absolute Gasteiger partial charge is 0.398 e. The fraction of sp³-hybridized carbons (Fsp3) is 0.0833. The lowest BCUT2D eigenvalue weighted by atomic mass is 10.2. The summed E-state index contributed by atoms with van der Waals surface area (Å²) in [7, 11) is -3.76. The lowest BCUT2D eigenvalue weighted by Crippen LogP contribution is -2.24. The number of aromatic nitrogens is 1. The molecule has 5 nitrogen and oxygen atoms in total. The molecule has 0 amide bonds. The molecule has 1 heterocycles. The Hall–Kier alpha value is -1.99. The minimum Gasteiger partial charge on any atom is -0.398 e. The number of halogens is 1. The van der Waals surface area contributed by atoms with Crippen LogP contribution in [-0.2, 0) is 16.6 Å². The molecule has 7 heteroatoms. The minimum absolute atomic E-state index is 0.0194. The maximum Gasteiger partial charge on any atom is 0.244 e. The van der Waals surface area contributed by atoms with Crippen LogP contribution < -0.4 is 10.5 Å². The molecule has 2 aromatic rings. The van der Waals surface area contributed by atoms with E-state index in [2.05, 4.69) is 9.71 Å². The van der Waals surface area contributed by atoms with Gasteiger partial charge >= 0.3 is 0 Å². The Morgan fingerprint density at radius 1 is 1.32 bits per heavy atom. The quantitative estimate of drug-likeness (QED) is 0.884. The van der Waals surface area contributed by atoms with Crippen LogP contribution in [0.15, 0.2) is 47.6 Å². The van der Waals surface area contributed by atoms with E-state index in [1.807, 2.05) is 0 Å². The van der Waals surface area contributed by atoms with Crippen molar-refractivity contribution in [2.24, 2.45) is 0 Å². The van der Waals surface area contributed by atoms with E-state index in [4.69, 9.17) is 5.73 Å². The topological polar surface area (TPSA) is 85.1 Å². The number of sulfonamides is 1. The summed E-state index contributed by atoms with van der Waals surface area (Å²) in [5, 5.41) is 0. The number of nitrogens with two attached hydrogens (primary N) is 1. The molecule has 0 bridgehead atoms. The van der Waals surface area contributed by atoms with Crippen LogP contribution in [0.25, 0.3) is 0 Å². The predicted molar refractivity (Wildman–Crippen MR) is 69.1 cm³/mol. The third kappa shape index (κ3) is 3.27. The van der Waals surface area contributed by atoms with Gasteiger partial charge in [-0.05, 0) is 23.8 Å². The minimum atomic E-state index is -3.76. The van der Waals surface area contributed by atoms with Gasteiger partial charge in [-0.2, -0.15) is 0 Å². The van der Waals surface area contributed by atoms with Gasteiger partial charge < -0.3 is 5.73 Å². The van der Waals surface area contributed by atoms with Crippen molar-refractivity contribution in [2.45, 2.75) is 11.4 Å². The first-order valence-electron chi connectivity index (χ1n) is 5.42. The number of nitrogens with zero attached hydrogens (tertiary/aromatic N) is 1. The first-order valence-corrected chi connectivity index (χ1v) is 6.91. The molecule has 0 saturated carbocycles. The average Bonchev–Trinajstić information content (AvgIpc) is 2.37. The van der Waals surface area contributed by atoms with E-state index in [0.29, 0.717) is 5.56 Å². The second-order valence-electron chi connectivity index (χ2n) is 3.87. The van der Waals surface area contributed by atoms with Crippen LogP contribution in [0.1, 0.15) is 5.56 Å². The van der Waals surface area contributed by atoms with Crippen molar-refractivity contribution in [1.29, 1.82) is 0 Å². The molecule has 0 aliphatic rings. The number of pyridine rings is 1. The highest BCUT2D eigenvalue weighted by molar-refractivity contribution is 7.89. The van der Waals surface area contributed by atoms with Crippen molar-refractivity contribution in [3.8, 4) is 0 Å². The van der Waals surface area contributed by atoms with Crippen LogP contribution >= 0.6 is 0 Å². The number of anilines is 1. The molecule has 2 rings (SSSR count). The van der Waals surface area contributed by atoms with Crippen LogP contribution in [0.2, 0.25) is 0 Å². The van der Waals surface area contributed by atoms with Crippen LogP contribution in [-0.4, -0.2) is 13.4 Å². The van der Waals surface area contributed by atoms with Gasteiger partial charge in [0.25, 0.3) is 0 Å². The number of hydrogen-bond acceptors (Lipinski definition) is 4. The molecule has 0 spiro atoms.